The number of hydrogen-bond acceptors (Lipinski definition) is 5. The number of guanidine groups is 1. The Bertz CT molecular complexity index is 544. The Morgan fingerprint density at radius 3 is 2.06 bits per heavy atom. The Morgan fingerprint density at radius 2 is 1.72 bits per heavy atom. The fraction of sp³-hybridized carbons (Fsp3) is 0.200. The largest absolute Gasteiger partial charge is 0.404 e. The van der Waals surface area contributed by atoms with Crippen LogP contribution >= 0.6 is 0 Å². The molecule has 0 aliphatic heterocycles. The summed E-state index contributed by atoms with van der Waals surface area (Å²) in [6.07, 6.45) is 0. The van der Waals surface area contributed by atoms with Crippen molar-refractivity contribution in [2.75, 3.05) is 14.1 Å². The summed E-state index contributed by atoms with van der Waals surface area (Å²) in [4.78, 5) is 11.5. The molecule has 1 rings (SSSR count). The maximum Gasteiger partial charge on any atom is 0.404 e. The molecular weight excluding hydrogens is 256 g/mol. The third-order valence-corrected chi connectivity index (χ3v) is 2.23. The topological polar surface area (TPSA) is 116 Å². The first-order chi connectivity index (χ1) is 8.45. The molecule has 1 aromatic rings. The standard InChI is InChI=1S/C8H8N3O3S.C2H7N/c9-8(10)11(15(13)14)7(12)6-4-2-1-3-5-6;1-3-2/h1-5H,(H3,9,10);3H,1-2H3/q+1;. The van der Waals surface area contributed by atoms with Gasteiger partial charge in [0, 0.05) is 0 Å². The Kier molecular flexibility index (Phi) is 7.17. The summed E-state index contributed by atoms with van der Waals surface area (Å²) in [6, 6.07) is 7.72. The predicted octanol–water partition coefficient (Wildman–Crippen LogP) is -0.369. The highest BCUT2D eigenvalue weighted by Crippen LogP contribution is 2.00. The molecule has 8 heteroatoms. The van der Waals surface area contributed by atoms with Crippen LogP contribution in [0.1, 0.15) is 10.4 Å². The van der Waals surface area contributed by atoms with Crippen molar-refractivity contribution in [2.45, 2.75) is 0 Å². The Morgan fingerprint density at radius 1 is 1.28 bits per heavy atom. The van der Waals surface area contributed by atoms with E-state index in [9.17, 15) is 13.2 Å². The second-order valence-corrected chi connectivity index (χ2v) is 3.87. The summed E-state index contributed by atoms with van der Waals surface area (Å²) >= 11 is 0. The molecule has 0 aliphatic carbocycles. The first-order valence-electron chi connectivity index (χ1n) is 4.87. The van der Waals surface area contributed by atoms with E-state index in [4.69, 9.17) is 11.1 Å². The number of carbonyl (C=O) groups is 1. The molecule has 0 saturated heterocycles. The molecule has 0 spiro atoms. The van der Waals surface area contributed by atoms with Crippen LogP contribution in [0.2, 0.25) is 0 Å². The van der Waals surface area contributed by atoms with Crippen LogP contribution in [0.25, 0.3) is 0 Å². The van der Waals surface area contributed by atoms with Gasteiger partial charge >= 0.3 is 22.4 Å². The van der Waals surface area contributed by atoms with E-state index >= 15 is 0 Å². The van der Waals surface area contributed by atoms with E-state index < -0.39 is 22.4 Å². The summed E-state index contributed by atoms with van der Waals surface area (Å²) in [5.41, 5.74) is 5.12. The van der Waals surface area contributed by atoms with E-state index in [0.717, 1.165) is 0 Å². The predicted molar refractivity (Wildman–Crippen MR) is 66.9 cm³/mol. The van der Waals surface area contributed by atoms with Gasteiger partial charge in [0.2, 0.25) is 0 Å². The number of carbonyl (C=O) groups excluding carboxylic acids is 1. The molecule has 0 saturated carbocycles. The van der Waals surface area contributed by atoms with Crippen molar-refractivity contribution in [1.29, 1.82) is 5.41 Å². The molecule has 1 amide bonds. The summed E-state index contributed by atoms with van der Waals surface area (Å²) < 4.78 is 21.5. The van der Waals surface area contributed by atoms with Crippen LogP contribution in [0, 0.1) is 5.41 Å². The summed E-state index contributed by atoms with van der Waals surface area (Å²) in [5.74, 6) is -1.69. The first kappa shape index (κ1) is 15.9. The smallest absolute Gasteiger partial charge is 0.323 e. The fourth-order valence-electron chi connectivity index (χ4n) is 0.955. The molecule has 1 aromatic carbocycles. The molecule has 98 valence electrons. The lowest BCUT2D eigenvalue weighted by atomic mass is 10.2. The highest BCUT2D eigenvalue weighted by atomic mass is 32.2. The molecule has 0 radical (unpaired) electrons. The number of hydrogen-bond donors (Lipinski definition) is 3. The number of benzene rings is 1. The molecule has 18 heavy (non-hydrogen) atoms. The normalized spacial score (nSPS) is 8.78. The lowest BCUT2D eigenvalue weighted by molar-refractivity contribution is -0.279. The minimum atomic E-state index is -2.88. The van der Waals surface area contributed by atoms with Crippen LogP contribution in [-0.4, -0.2) is 38.3 Å². The van der Waals surface area contributed by atoms with Gasteiger partial charge in [-0.2, -0.15) is 0 Å². The Balaban J connectivity index is 0.000000873. The minimum Gasteiger partial charge on any atom is -0.323 e. The molecule has 0 bridgehead atoms. The highest BCUT2D eigenvalue weighted by Gasteiger charge is 2.21. The number of nitrogens with zero attached hydrogens (tertiary/aromatic N) is 1. The van der Waals surface area contributed by atoms with Gasteiger partial charge in [-0.15, -0.1) is 13.8 Å². The van der Waals surface area contributed by atoms with Crippen LogP contribution in [-0.2, 0) is 10.5 Å². The SMILES string of the molecule is CNC.N=C(N)[N+](C(=O)c1ccccc1)=S(=O)=O. The number of nitrogens with two attached hydrogens (primary N) is 1. The second-order valence-electron chi connectivity index (χ2n) is 3.07. The number of nitrogens with one attached hydrogen (secondary N) is 2. The van der Waals surface area contributed by atoms with Gasteiger partial charge in [-0.25, -0.2) is 4.79 Å². The molecular formula is C10H15N4O3S+. The quantitative estimate of drug-likeness (QED) is 0.366. The van der Waals surface area contributed by atoms with Crippen molar-refractivity contribution in [1.82, 2.24) is 5.32 Å². The van der Waals surface area contributed by atoms with Crippen molar-refractivity contribution in [2.24, 2.45) is 5.73 Å². The summed E-state index contributed by atoms with van der Waals surface area (Å²) in [7, 11) is 0.870. The van der Waals surface area contributed by atoms with Crippen LogP contribution < -0.4 is 11.1 Å². The number of amides is 1. The third kappa shape index (κ3) is 4.85. The molecule has 7 nitrogen and oxygen atoms in total. The van der Waals surface area contributed by atoms with Crippen LogP contribution in [0.15, 0.2) is 30.3 Å². The zero-order valence-electron chi connectivity index (χ0n) is 10.0. The maximum atomic E-state index is 11.5. The summed E-state index contributed by atoms with van der Waals surface area (Å²) in [5, 5.41) is 9.70. The molecule has 0 fully saturated rings. The molecule has 0 unspecified atom stereocenters. The molecule has 0 atom stereocenters. The van der Waals surface area contributed by atoms with Crippen molar-refractivity contribution in [3.63, 3.8) is 0 Å². The van der Waals surface area contributed by atoms with E-state index in [-0.39, 0.29) is 9.51 Å². The molecule has 0 aliphatic rings. The van der Waals surface area contributed by atoms with Crippen molar-refractivity contribution < 1.29 is 17.2 Å². The average Bonchev–Trinajstić information content (AvgIpc) is 2.30. The fourth-order valence-corrected chi connectivity index (χ4v) is 1.36. The number of rotatable bonds is 1. The average molecular weight is 271 g/mol. The Labute approximate surface area is 106 Å². The molecule has 0 aromatic heterocycles. The van der Waals surface area contributed by atoms with Gasteiger partial charge in [-0.05, 0) is 26.2 Å². The van der Waals surface area contributed by atoms with Gasteiger partial charge in [0.1, 0.15) is 0 Å². The van der Waals surface area contributed by atoms with Crippen molar-refractivity contribution in [3.05, 3.63) is 35.9 Å². The van der Waals surface area contributed by atoms with Gasteiger partial charge < -0.3 is 5.32 Å². The van der Waals surface area contributed by atoms with Gasteiger partial charge in [0.15, 0.2) is 0 Å². The van der Waals surface area contributed by atoms with Gasteiger partial charge in [0.25, 0.3) is 0 Å². The van der Waals surface area contributed by atoms with Gasteiger partial charge in [0.05, 0.1) is 5.56 Å². The molecule has 4 N–H and O–H groups in total. The van der Waals surface area contributed by atoms with Crippen LogP contribution in [0.4, 0.5) is 0 Å². The van der Waals surface area contributed by atoms with Crippen LogP contribution in [0.5, 0.6) is 0 Å². The van der Waals surface area contributed by atoms with Gasteiger partial charge in [-0.1, -0.05) is 22.1 Å². The van der Waals surface area contributed by atoms with E-state index in [1.54, 1.807) is 18.2 Å². The van der Waals surface area contributed by atoms with E-state index in [1.165, 1.54) is 12.1 Å². The van der Waals surface area contributed by atoms with Crippen molar-refractivity contribution >= 4 is 22.4 Å². The lowest BCUT2D eigenvalue weighted by Crippen LogP contribution is -2.32. The van der Waals surface area contributed by atoms with Crippen LogP contribution in [0.3, 0.4) is 0 Å². The monoisotopic (exact) mass is 271 g/mol. The zero-order chi connectivity index (χ0) is 14.1. The highest BCUT2D eigenvalue weighted by molar-refractivity contribution is 7.59. The second kappa shape index (κ2) is 8.09. The van der Waals surface area contributed by atoms with E-state index in [0.29, 0.717) is 0 Å². The molecule has 0 heterocycles. The Hall–Kier alpha value is -2.06. The third-order valence-electron chi connectivity index (χ3n) is 1.57. The lowest BCUT2D eigenvalue weighted by Gasteiger charge is -1.96. The van der Waals surface area contributed by atoms with E-state index in [1.807, 2.05) is 14.1 Å². The maximum absolute atomic E-state index is 11.5. The van der Waals surface area contributed by atoms with Crippen molar-refractivity contribution in [3.8, 4) is 0 Å². The minimum absolute atomic E-state index is 0.150. The van der Waals surface area contributed by atoms with Gasteiger partial charge in [-0.3, -0.25) is 5.73 Å². The van der Waals surface area contributed by atoms with E-state index in [2.05, 4.69) is 5.32 Å². The zero-order valence-corrected chi connectivity index (χ0v) is 10.9. The summed E-state index contributed by atoms with van der Waals surface area (Å²) in [6.45, 7) is 0. The first-order valence-corrected chi connectivity index (χ1v) is 5.90.